The standard InChI is InChI=1S/C13H9FN4OS/c14-7-5-9-8(10(15)6-7)1-2-16-11(9)12(19)18-13-17-3-4-20-13/h1-6H,15H2,(H,17,18,19). The Hall–Kier alpha value is -2.54. The Morgan fingerprint density at radius 1 is 1.25 bits per heavy atom. The van der Waals surface area contributed by atoms with Gasteiger partial charge >= 0.3 is 0 Å². The number of nitrogens with one attached hydrogen (secondary N) is 1. The molecule has 7 heteroatoms. The number of carbonyl (C=O) groups is 1. The molecule has 0 unspecified atom stereocenters. The van der Waals surface area contributed by atoms with E-state index in [1.807, 2.05) is 0 Å². The first kappa shape index (κ1) is 12.5. The summed E-state index contributed by atoms with van der Waals surface area (Å²) in [5, 5.41) is 5.77. The Morgan fingerprint density at radius 2 is 2.10 bits per heavy atom. The first-order valence-electron chi connectivity index (χ1n) is 5.70. The molecule has 3 aromatic rings. The number of hydrogen-bond donors (Lipinski definition) is 2. The van der Waals surface area contributed by atoms with Crippen molar-refractivity contribution >= 4 is 38.8 Å². The molecule has 20 heavy (non-hydrogen) atoms. The number of pyridine rings is 1. The molecule has 2 aromatic heterocycles. The number of nitrogens with zero attached hydrogens (tertiary/aromatic N) is 2. The second-order valence-corrected chi connectivity index (χ2v) is 4.94. The molecule has 0 aliphatic rings. The van der Waals surface area contributed by atoms with E-state index in [2.05, 4.69) is 15.3 Å². The van der Waals surface area contributed by atoms with Crippen molar-refractivity contribution in [2.24, 2.45) is 0 Å². The van der Waals surface area contributed by atoms with Crippen molar-refractivity contribution in [2.75, 3.05) is 11.1 Å². The van der Waals surface area contributed by atoms with E-state index in [1.165, 1.54) is 29.7 Å². The summed E-state index contributed by atoms with van der Waals surface area (Å²) in [5.74, 6) is -0.957. The van der Waals surface area contributed by atoms with Crippen LogP contribution in [-0.4, -0.2) is 15.9 Å². The summed E-state index contributed by atoms with van der Waals surface area (Å²) in [7, 11) is 0. The van der Waals surface area contributed by atoms with Gasteiger partial charge in [0.25, 0.3) is 5.91 Å². The maximum Gasteiger partial charge on any atom is 0.276 e. The molecule has 3 rings (SSSR count). The molecule has 5 nitrogen and oxygen atoms in total. The molecule has 0 atom stereocenters. The lowest BCUT2D eigenvalue weighted by atomic mass is 10.1. The van der Waals surface area contributed by atoms with Crippen LogP contribution in [0, 0.1) is 5.82 Å². The van der Waals surface area contributed by atoms with Gasteiger partial charge in [0.1, 0.15) is 11.5 Å². The summed E-state index contributed by atoms with van der Waals surface area (Å²) in [6, 6.07) is 4.10. The number of nitrogen functional groups attached to an aromatic ring is 1. The predicted molar refractivity (Wildman–Crippen MR) is 76.2 cm³/mol. The van der Waals surface area contributed by atoms with E-state index in [9.17, 15) is 9.18 Å². The van der Waals surface area contributed by atoms with Gasteiger partial charge < -0.3 is 5.73 Å². The van der Waals surface area contributed by atoms with Crippen LogP contribution >= 0.6 is 11.3 Å². The van der Waals surface area contributed by atoms with Crippen LogP contribution in [0.15, 0.2) is 36.0 Å². The molecule has 0 radical (unpaired) electrons. The number of carbonyl (C=O) groups excluding carboxylic acids is 1. The Kier molecular flexibility index (Phi) is 3.03. The second kappa shape index (κ2) is 4.86. The Bertz CT molecular complexity index is 788. The molecule has 0 aliphatic carbocycles. The number of nitrogens with two attached hydrogens (primary N) is 1. The average Bonchev–Trinajstić information content (AvgIpc) is 2.90. The minimum Gasteiger partial charge on any atom is -0.398 e. The van der Waals surface area contributed by atoms with E-state index >= 15 is 0 Å². The maximum absolute atomic E-state index is 13.5. The van der Waals surface area contributed by atoms with E-state index in [4.69, 9.17) is 5.73 Å². The van der Waals surface area contributed by atoms with Gasteiger partial charge in [-0.1, -0.05) is 0 Å². The van der Waals surface area contributed by atoms with Gasteiger partial charge in [0.05, 0.1) is 0 Å². The van der Waals surface area contributed by atoms with Crippen LogP contribution in [0.5, 0.6) is 0 Å². The molecule has 0 saturated carbocycles. The monoisotopic (exact) mass is 288 g/mol. The number of thiazole rings is 1. The van der Waals surface area contributed by atoms with Crippen molar-refractivity contribution in [2.45, 2.75) is 0 Å². The largest absolute Gasteiger partial charge is 0.398 e. The van der Waals surface area contributed by atoms with E-state index < -0.39 is 11.7 Å². The van der Waals surface area contributed by atoms with Gasteiger partial charge in [-0.2, -0.15) is 0 Å². The van der Waals surface area contributed by atoms with E-state index in [0.29, 0.717) is 15.9 Å². The highest BCUT2D eigenvalue weighted by molar-refractivity contribution is 7.13. The van der Waals surface area contributed by atoms with Crippen LogP contribution < -0.4 is 11.1 Å². The highest BCUT2D eigenvalue weighted by Crippen LogP contribution is 2.25. The van der Waals surface area contributed by atoms with Gasteiger partial charge in [0.15, 0.2) is 5.13 Å². The summed E-state index contributed by atoms with van der Waals surface area (Å²) in [5.41, 5.74) is 6.14. The summed E-state index contributed by atoms with van der Waals surface area (Å²) in [6.07, 6.45) is 3.04. The third-order valence-electron chi connectivity index (χ3n) is 2.74. The van der Waals surface area contributed by atoms with Gasteiger partial charge in [-0.3, -0.25) is 15.1 Å². The first-order valence-corrected chi connectivity index (χ1v) is 6.57. The Balaban J connectivity index is 2.09. The summed E-state index contributed by atoms with van der Waals surface area (Å²) in [4.78, 5) is 20.1. The fraction of sp³-hybridized carbons (Fsp3) is 0. The molecule has 0 saturated heterocycles. The zero-order chi connectivity index (χ0) is 14.1. The van der Waals surface area contributed by atoms with Crippen molar-refractivity contribution in [1.29, 1.82) is 0 Å². The zero-order valence-corrected chi connectivity index (χ0v) is 10.9. The van der Waals surface area contributed by atoms with Gasteiger partial charge in [0.2, 0.25) is 0 Å². The molecule has 0 bridgehead atoms. The number of aromatic nitrogens is 2. The molecule has 100 valence electrons. The van der Waals surface area contributed by atoms with Crippen LogP contribution in [0.1, 0.15) is 10.5 Å². The van der Waals surface area contributed by atoms with Crippen molar-refractivity contribution < 1.29 is 9.18 Å². The minimum absolute atomic E-state index is 0.115. The summed E-state index contributed by atoms with van der Waals surface area (Å²) in [6.45, 7) is 0. The fourth-order valence-corrected chi connectivity index (χ4v) is 2.42. The van der Waals surface area contributed by atoms with Crippen LogP contribution in [0.25, 0.3) is 10.8 Å². The number of fused-ring (bicyclic) bond motifs is 1. The number of benzene rings is 1. The predicted octanol–water partition coefficient (Wildman–Crippen LogP) is 2.66. The van der Waals surface area contributed by atoms with E-state index in [0.717, 1.165) is 0 Å². The summed E-state index contributed by atoms with van der Waals surface area (Å²) >= 11 is 1.29. The third kappa shape index (κ3) is 2.19. The first-order chi connectivity index (χ1) is 9.65. The maximum atomic E-state index is 13.5. The van der Waals surface area contributed by atoms with Gasteiger partial charge in [-0.15, -0.1) is 11.3 Å². The van der Waals surface area contributed by atoms with E-state index in [-0.39, 0.29) is 11.4 Å². The van der Waals surface area contributed by atoms with Crippen LogP contribution in [0.2, 0.25) is 0 Å². The number of anilines is 2. The highest BCUT2D eigenvalue weighted by atomic mass is 32.1. The third-order valence-corrected chi connectivity index (χ3v) is 3.43. The van der Waals surface area contributed by atoms with Crippen molar-refractivity contribution in [3.63, 3.8) is 0 Å². The summed E-state index contributed by atoms with van der Waals surface area (Å²) < 4.78 is 13.5. The molecule has 0 spiro atoms. The molecule has 1 amide bonds. The van der Waals surface area contributed by atoms with Gasteiger partial charge in [0, 0.05) is 34.2 Å². The molecule has 1 aromatic carbocycles. The minimum atomic E-state index is -0.508. The van der Waals surface area contributed by atoms with Gasteiger partial charge in [-0.25, -0.2) is 9.37 Å². The van der Waals surface area contributed by atoms with Crippen molar-refractivity contribution in [1.82, 2.24) is 9.97 Å². The molecule has 2 heterocycles. The second-order valence-electron chi connectivity index (χ2n) is 4.04. The van der Waals surface area contributed by atoms with Crippen LogP contribution in [0.3, 0.4) is 0 Å². The Labute approximate surface area is 117 Å². The van der Waals surface area contributed by atoms with Crippen LogP contribution in [-0.2, 0) is 0 Å². The quantitative estimate of drug-likeness (QED) is 0.710. The van der Waals surface area contributed by atoms with Crippen molar-refractivity contribution in [3.05, 3.63) is 47.5 Å². The number of amides is 1. The average molecular weight is 288 g/mol. The Morgan fingerprint density at radius 3 is 2.85 bits per heavy atom. The topological polar surface area (TPSA) is 80.9 Å². The number of hydrogen-bond acceptors (Lipinski definition) is 5. The lowest BCUT2D eigenvalue weighted by molar-refractivity contribution is 0.102. The fourth-order valence-electron chi connectivity index (χ4n) is 1.90. The lowest BCUT2D eigenvalue weighted by Gasteiger charge is -2.07. The van der Waals surface area contributed by atoms with Crippen LogP contribution in [0.4, 0.5) is 15.2 Å². The molecule has 0 aliphatic heterocycles. The van der Waals surface area contributed by atoms with Gasteiger partial charge in [-0.05, 0) is 18.2 Å². The smallest absolute Gasteiger partial charge is 0.276 e. The molecular formula is C13H9FN4OS. The normalized spacial score (nSPS) is 10.7. The number of rotatable bonds is 2. The van der Waals surface area contributed by atoms with Crippen molar-refractivity contribution in [3.8, 4) is 0 Å². The molecule has 3 N–H and O–H groups in total. The highest BCUT2D eigenvalue weighted by Gasteiger charge is 2.15. The SMILES string of the molecule is Nc1cc(F)cc2c(C(=O)Nc3nccs3)nccc12. The molecule has 0 fully saturated rings. The zero-order valence-electron chi connectivity index (χ0n) is 10.1. The van der Waals surface area contributed by atoms with E-state index in [1.54, 1.807) is 17.6 Å². The molecular weight excluding hydrogens is 279 g/mol. The lowest BCUT2D eigenvalue weighted by Crippen LogP contribution is -2.14. The number of halogens is 1.